The highest BCUT2D eigenvalue weighted by Gasteiger charge is 2.08. The third kappa shape index (κ3) is 3.04. The van der Waals surface area contributed by atoms with Crippen LogP contribution in [0, 0.1) is 5.56 Å². The molecule has 0 aliphatic heterocycles. The van der Waals surface area contributed by atoms with Crippen LogP contribution in [-0.2, 0) is 0 Å². The zero-order valence-electron chi connectivity index (χ0n) is 2.66. The Kier molecular flexibility index (Phi) is 3.32. The molecule has 0 unspecified atom stereocenters. The lowest BCUT2D eigenvalue weighted by molar-refractivity contribution is 0.368. The Bertz CT molecular complexity index is 29.8. The fourth-order valence-electron chi connectivity index (χ4n) is 0. The van der Waals surface area contributed by atoms with Crippen LogP contribution < -0.4 is 0 Å². The average molecular weight is 148 g/mol. The zero-order chi connectivity index (χ0) is 5.15. The van der Waals surface area contributed by atoms with Gasteiger partial charge in [0, 0.05) is 0 Å². The van der Waals surface area contributed by atoms with E-state index in [1.807, 2.05) is 0 Å². The summed E-state index contributed by atoms with van der Waals surface area (Å²) in [4.78, 5) is -0.966. The molecule has 6 heavy (non-hydrogen) atoms. The number of rotatable bonds is 1. The van der Waals surface area contributed by atoms with Gasteiger partial charge >= 0.3 is 0 Å². The standard InChI is InChI=1S/C2H2Cl3O/c3-1(4)2(5)6/h1,6H. The second kappa shape index (κ2) is 2.92. The highest BCUT2D eigenvalue weighted by molar-refractivity contribution is 6.50. The molecule has 0 aromatic carbocycles. The maximum atomic E-state index is 8.05. The normalized spacial score (nSPS) is 11.0. The van der Waals surface area contributed by atoms with Crippen molar-refractivity contribution in [1.29, 1.82) is 0 Å². The van der Waals surface area contributed by atoms with Crippen LogP contribution in [0.2, 0.25) is 0 Å². The second-order valence-electron chi connectivity index (χ2n) is 0.623. The largest absolute Gasteiger partial charge is 0.369 e. The SMILES string of the molecule is O[C](Cl)C(Cl)Cl. The van der Waals surface area contributed by atoms with Gasteiger partial charge in [-0.05, 0) is 0 Å². The molecule has 0 aliphatic rings. The third-order valence-electron chi connectivity index (χ3n) is 0.180. The van der Waals surface area contributed by atoms with E-state index in [0.717, 1.165) is 0 Å². The number of hydrogen-bond acceptors (Lipinski definition) is 1. The van der Waals surface area contributed by atoms with Gasteiger partial charge in [-0.1, -0.05) is 11.6 Å². The van der Waals surface area contributed by atoms with Gasteiger partial charge in [0.2, 0.25) is 5.56 Å². The Hall–Kier alpha value is 0.830. The van der Waals surface area contributed by atoms with Gasteiger partial charge < -0.3 is 5.11 Å². The van der Waals surface area contributed by atoms with Gasteiger partial charge in [0.1, 0.15) is 0 Å². The van der Waals surface area contributed by atoms with Crippen LogP contribution in [0.25, 0.3) is 0 Å². The molecule has 0 atom stereocenters. The molecule has 4 heteroatoms. The molecule has 0 aromatic heterocycles. The van der Waals surface area contributed by atoms with E-state index in [1.165, 1.54) is 0 Å². The smallest absolute Gasteiger partial charge is 0.214 e. The van der Waals surface area contributed by atoms with E-state index in [9.17, 15) is 0 Å². The fraction of sp³-hybridized carbons (Fsp3) is 0.500. The number of halogens is 3. The molecule has 0 saturated carbocycles. The van der Waals surface area contributed by atoms with E-state index in [0.29, 0.717) is 0 Å². The lowest BCUT2D eigenvalue weighted by Crippen LogP contribution is -1.94. The molecule has 1 N–H and O–H groups in total. The third-order valence-corrected chi connectivity index (χ3v) is 1.04. The number of hydrogen-bond donors (Lipinski definition) is 1. The van der Waals surface area contributed by atoms with Crippen LogP contribution in [0.15, 0.2) is 0 Å². The number of aliphatic hydroxyl groups excluding tert-OH is 1. The first-order valence-corrected chi connectivity index (χ1v) is 2.39. The minimum Gasteiger partial charge on any atom is -0.369 e. The highest BCUT2D eigenvalue weighted by atomic mass is 35.5. The molecule has 0 aromatic rings. The molecule has 0 bridgehead atoms. The molecule has 0 heterocycles. The van der Waals surface area contributed by atoms with Crippen molar-refractivity contribution in [2.75, 3.05) is 0 Å². The van der Waals surface area contributed by atoms with E-state index in [2.05, 4.69) is 0 Å². The monoisotopic (exact) mass is 147 g/mol. The van der Waals surface area contributed by atoms with Gasteiger partial charge in [-0.3, -0.25) is 0 Å². The van der Waals surface area contributed by atoms with Gasteiger partial charge in [0.05, 0.1) is 0 Å². The summed E-state index contributed by atoms with van der Waals surface area (Å²) >= 11 is 14.7. The summed E-state index contributed by atoms with van der Waals surface area (Å²) in [5.41, 5.74) is -0.488. The summed E-state index contributed by atoms with van der Waals surface area (Å²) < 4.78 is 0. The molecule has 0 saturated heterocycles. The first-order chi connectivity index (χ1) is 2.64. The van der Waals surface area contributed by atoms with Crippen molar-refractivity contribution >= 4 is 34.8 Å². The van der Waals surface area contributed by atoms with E-state index in [1.54, 1.807) is 0 Å². The molecule has 1 radical (unpaired) electrons. The minimum atomic E-state index is -0.966. The van der Waals surface area contributed by atoms with Gasteiger partial charge in [0.15, 0.2) is 4.84 Å². The molecule has 1 nitrogen and oxygen atoms in total. The predicted molar refractivity (Wildman–Crippen MR) is 26.5 cm³/mol. The summed E-state index contributed by atoms with van der Waals surface area (Å²) in [6, 6.07) is 0. The molecule has 0 spiro atoms. The van der Waals surface area contributed by atoms with Gasteiger partial charge in [-0.25, -0.2) is 0 Å². The van der Waals surface area contributed by atoms with Crippen LogP contribution in [0.4, 0.5) is 0 Å². The number of aliphatic hydroxyl groups is 1. The summed E-state index contributed by atoms with van der Waals surface area (Å²) in [7, 11) is 0. The van der Waals surface area contributed by atoms with Gasteiger partial charge in [-0.15, -0.1) is 23.2 Å². The van der Waals surface area contributed by atoms with Crippen molar-refractivity contribution in [3.8, 4) is 0 Å². The van der Waals surface area contributed by atoms with Crippen molar-refractivity contribution in [1.82, 2.24) is 0 Å². The molecule has 0 amide bonds. The van der Waals surface area contributed by atoms with Crippen molar-refractivity contribution in [3.05, 3.63) is 5.56 Å². The van der Waals surface area contributed by atoms with E-state index >= 15 is 0 Å². The minimum absolute atomic E-state index is 0.488. The average Bonchev–Trinajstić information content (AvgIpc) is 1.36. The molecule has 0 fully saturated rings. The van der Waals surface area contributed by atoms with Crippen molar-refractivity contribution < 1.29 is 5.11 Å². The quantitative estimate of drug-likeness (QED) is 0.563. The topological polar surface area (TPSA) is 20.2 Å². The van der Waals surface area contributed by atoms with Crippen LogP contribution in [-0.4, -0.2) is 9.94 Å². The van der Waals surface area contributed by atoms with E-state index in [4.69, 9.17) is 39.9 Å². The zero-order valence-corrected chi connectivity index (χ0v) is 4.93. The van der Waals surface area contributed by atoms with Crippen molar-refractivity contribution in [2.24, 2.45) is 0 Å². The first-order valence-electron chi connectivity index (χ1n) is 1.14. The van der Waals surface area contributed by atoms with Crippen molar-refractivity contribution in [3.63, 3.8) is 0 Å². The second-order valence-corrected chi connectivity index (χ2v) is 2.11. The Morgan fingerprint density at radius 2 is 1.67 bits per heavy atom. The molecular formula is C2H2Cl3O. The first kappa shape index (κ1) is 6.83. The Morgan fingerprint density at radius 3 is 1.67 bits per heavy atom. The number of alkyl halides is 2. The van der Waals surface area contributed by atoms with Crippen LogP contribution in [0.1, 0.15) is 0 Å². The van der Waals surface area contributed by atoms with E-state index in [-0.39, 0.29) is 0 Å². The lowest BCUT2D eigenvalue weighted by Gasteiger charge is -1.94. The lowest BCUT2D eigenvalue weighted by atomic mass is 10.9. The summed E-state index contributed by atoms with van der Waals surface area (Å²) in [5, 5.41) is 8.05. The van der Waals surface area contributed by atoms with Crippen molar-refractivity contribution in [2.45, 2.75) is 4.84 Å². The summed E-state index contributed by atoms with van der Waals surface area (Å²) in [6.45, 7) is 0. The summed E-state index contributed by atoms with van der Waals surface area (Å²) in [6.07, 6.45) is 0. The molecule has 37 valence electrons. The summed E-state index contributed by atoms with van der Waals surface area (Å²) in [5.74, 6) is 0. The Balaban J connectivity index is 2.99. The maximum Gasteiger partial charge on any atom is 0.214 e. The van der Waals surface area contributed by atoms with E-state index < -0.39 is 10.4 Å². The molecule has 0 aliphatic carbocycles. The van der Waals surface area contributed by atoms with Crippen LogP contribution in [0.5, 0.6) is 0 Å². The van der Waals surface area contributed by atoms with Crippen LogP contribution >= 0.6 is 34.8 Å². The predicted octanol–water partition coefficient (Wildman–Crippen LogP) is 1.89. The Labute approximate surface area is 50.8 Å². The Morgan fingerprint density at radius 1 is 1.50 bits per heavy atom. The fourth-order valence-corrected chi connectivity index (χ4v) is 0. The maximum absolute atomic E-state index is 8.05. The molecule has 0 rings (SSSR count). The molecular weight excluding hydrogens is 146 g/mol. The highest BCUT2D eigenvalue weighted by Crippen LogP contribution is 2.16. The van der Waals surface area contributed by atoms with Gasteiger partial charge in [0.25, 0.3) is 0 Å². The van der Waals surface area contributed by atoms with Crippen LogP contribution in [0.3, 0.4) is 0 Å². The van der Waals surface area contributed by atoms with Gasteiger partial charge in [-0.2, -0.15) is 0 Å².